The maximum Gasteiger partial charge on any atom is 0.238 e. The predicted molar refractivity (Wildman–Crippen MR) is 86.0 cm³/mol. The molecule has 1 aromatic rings. The van der Waals surface area contributed by atoms with Crippen molar-refractivity contribution in [3.05, 3.63) is 22.2 Å². The third-order valence-corrected chi connectivity index (χ3v) is 3.86. The second kappa shape index (κ2) is 7.31. The molecule has 0 aromatic heterocycles. The summed E-state index contributed by atoms with van der Waals surface area (Å²) in [7, 11) is 1.65. The number of nitrogens with two attached hydrogens (primary N) is 1. The van der Waals surface area contributed by atoms with Gasteiger partial charge in [-0.3, -0.25) is 9.69 Å². The van der Waals surface area contributed by atoms with Gasteiger partial charge < -0.3 is 15.8 Å². The van der Waals surface area contributed by atoms with E-state index in [1.54, 1.807) is 19.2 Å². The number of nitrogens with one attached hydrogen (secondary N) is 1. The fourth-order valence-electron chi connectivity index (χ4n) is 2.13. The Labute approximate surface area is 134 Å². The van der Waals surface area contributed by atoms with Gasteiger partial charge in [0.05, 0.1) is 29.5 Å². The van der Waals surface area contributed by atoms with Crippen molar-refractivity contribution >= 4 is 40.5 Å². The predicted octanol–water partition coefficient (Wildman–Crippen LogP) is 2.62. The molecule has 0 heterocycles. The Balaban J connectivity index is 1.97. The van der Waals surface area contributed by atoms with Crippen LogP contribution in [0.2, 0.25) is 10.0 Å². The highest BCUT2D eigenvalue weighted by atomic mass is 35.5. The number of rotatable bonds is 7. The Morgan fingerprint density at radius 1 is 1.48 bits per heavy atom. The van der Waals surface area contributed by atoms with Gasteiger partial charge >= 0.3 is 0 Å². The summed E-state index contributed by atoms with van der Waals surface area (Å²) in [4.78, 5) is 14.3. The molecule has 1 aliphatic carbocycles. The highest BCUT2D eigenvalue weighted by molar-refractivity contribution is 6.37. The van der Waals surface area contributed by atoms with Crippen molar-refractivity contribution in [3.8, 4) is 0 Å². The summed E-state index contributed by atoms with van der Waals surface area (Å²) < 4.78 is 5.07. The summed E-state index contributed by atoms with van der Waals surface area (Å²) in [6.45, 7) is 1.64. The lowest BCUT2D eigenvalue weighted by Crippen LogP contribution is -2.37. The van der Waals surface area contributed by atoms with Gasteiger partial charge in [-0.15, -0.1) is 0 Å². The number of halogens is 2. The first-order valence-electron chi connectivity index (χ1n) is 6.78. The van der Waals surface area contributed by atoms with Gasteiger partial charge in [-0.1, -0.05) is 23.2 Å². The molecule has 116 valence electrons. The standard InChI is InChI=1S/C14H19Cl2N3O2/c1-21-5-4-19(10-2-3-10)8-13(20)18-14-11(16)6-9(15)7-12(14)17/h6-7,10H,2-5,8,17H2,1H3,(H,18,20). The minimum absolute atomic E-state index is 0.145. The van der Waals surface area contributed by atoms with Crippen molar-refractivity contribution < 1.29 is 9.53 Å². The number of methoxy groups -OCH3 is 1. The van der Waals surface area contributed by atoms with Crippen molar-refractivity contribution in [2.75, 3.05) is 37.9 Å². The van der Waals surface area contributed by atoms with Crippen LogP contribution in [0.4, 0.5) is 11.4 Å². The number of hydrogen-bond acceptors (Lipinski definition) is 4. The average molecular weight is 332 g/mol. The molecule has 1 saturated carbocycles. The van der Waals surface area contributed by atoms with Crippen LogP contribution < -0.4 is 11.1 Å². The molecule has 1 amide bonds. The highest BCUT2D eigenvalue weighted by Gasteiger charge is 2.30. The maximum atomic E-state index is 12.2. The Kier molecular flexibility index (Phi) is 5.70. The van der Waals surface area contributed by atoms with Gasteiger partial charge in [-0.25, -0.2) is 0 Å². The highest BCUT2D eigenvalue weighted by Crippen LogP contribution is 2.32. The minimum atomic E-state index is -0.145. The number of nitrogen functional groups attached to an aromatic ring is 1. The van der Waals surface area contributed by atoms with E-state index in [0.29, 0.717) is 40.6 Å². The second-order valence-electron chi connectivity index (χ2n) is 5.09. The van der Waals surface area contributed by atoms with E-state index in [1.165, 1.54) is 0 Å². The smallest absolute Gasteiger partial charge is 0.238 e. The van der Waals surface area contributed by atoms with Crippen LogP contribution in [0.1, 0.15) is 12.8 Å². The van der Waals surface area contributed by atoms with Crippen molar-refractivity contribution in [2.24, 2.45) is 0 Å². The van der Waals surface area contributed by atoms with Gasteiger partial charge in [-0.2, -0.15) is 0 Å². The van der Waals surface area contributed by atoms with E-state index in [4.69, 9.17) is 33.7 Å². The fraction of sp³-hybridized carbons (Fsp3) is 0.500. The molecule has 2 rings (SSSR count). The van der Waals surface area contributed by atoms with E-state index < -0.39 is 0 Å². The normalized spacial score (nSPS) is 14.5. The van der Waals surface area contributed by atoms with E-state index >= 15 is 0 Å². The molecule has 1 aliphatic rings. The average Bonchev–Trinajstić information content (AvgIpc) is 3.23. The number of amides is 1. The first-order valence-corrected chi connectivity index (χ1v) is 7.54. The van der Waals surface area contributed by atoms with Gasteiger partial charge in [0, 0.05) is 24.7 Å². The topological polar surface area (TPSA) is 67.6 Å². The molecule has 7 heteroatoms. The molecule has 0 spiro atoms. The van der Waals surface area contributed by atoms with E-state index in [1.807, 2.05) is 0 Å². The largest absolute Gasteiger partial charge is 0.397 e. The lowest BCUT2D eigenvalue weighted by molar-refractivity contribution is -0.117. The molecular weight excluding hydrogens is 313 g/mol. The van der Waals surface area contributed by atoms with Gasteiger partial charge in [-0.05, 0) is 25.0 Å². The van der Waals surface area contributed by atoms with E-state index in [2.05, 4.69) is 10.2 Å². The van der Waals surface area contributed by atoms with Crippen LogP contribution in [0.3, 0.4) is 0 Å². The third kappa shape index (κ3) is 4.74. The van der Waals surface area contributed by atoms with E-state index in [9.17, 15) is 4.79 Å². The number of benzene rings is 1. The number of carbonyl (C=O) groups is 1. The molecule has 0 saturated heterocycles. The second-order valence-corrected chi connectivity index (χ2v) is 5.94. The van der Waals surface area contributed by atoms with Crippen LogP contribution in [0.5, 0.6) is 0 Å². The summed E-state index contributed by atoms with van der Waals surface area (Å²) in [6, 6.07) is 3.59. The summed E-state index contributed by atoms with van der Waals surface area (Å²) in [5.74, 6) is -0.145. The van der Waals surface area contributed by atoms with Crippen LogP contribution in [-0.4, -0.2) is 43.7 Å². The Bertz CT molecular complexity index is 498. The van der Waals surface area contributed by atoms with Gasteiger partial charge in [0.2, 0.25) is 5.91 Å². The molecule has 1 aromatic carbocycles. The zero-order chi connectivity index (χ0) is 15.4. The number of ether oxygens (including phenoxy) is 1. The summed E-state index contributed by atoms with van der Waals surface area (Å²) in [5, 5.41) is 3.53. The summed E-state index contributed by atoms with van der Waals surface area (Å²) in [5.41, 5.74) is 6.60. The molecule has 0 aliphatic heterocycles. The van der Waals surface area contributed by atoms with Crippen LogP contribution >= 0.6 is 23.2 Å². The third-order valence-electron chi connectivity index (χ3n) is 3.34. The summed E-state index contributed by atoms with van der Waals surface area (Å²) in [6.07, 6.45) is 2.25. The monoisotopic (exact) mass is 331 g/mol. The first-order chi connectivity index (χ1) is 10.0. The van der Waals surface area contributed by atoms with Crippen LogP contribution in [-0.2, 0) is 9.53 Å². The molecule has 21 heavy (non-hydrogen) atoms. The van der Waals surface area contributed by atoms with Gasteiger partial charge in [0.1, 0.15) is 0 Å². The molecule has 1 fully saturated rings. The fourth-order valence-corrected chi connectivity index (χ4v) is 2.68. The minimum Gasteiger partial charge on any atom is -0.397 e. The van der Waals surface area contributed by atoms with Crippen LogP contribution in [0.15, 0.2) is 12.1 Å². The molecule has 5 nitrogen and oxygen atoms in total. The number of carbonyl (C=O) groups excluding carboxylic acids is 1. The number of nitrogens with zero attached hydrogens (tertiary/aromatic N) is 1. The van der Waals surface area contributed by atoms with Gasteiger partial charge in [0.25, 0.3) is 0 Å². The number of anilines is 2. The SMILES string of the molecule is COCCN(CC(=O)Nc1c(N)cc(Cl)cc1Cl)C1CC1. The lowest BCUT2D eigenvalue weighted by Gasteiger charge is -2.21. The van der Waals surface area contributed by atoms with Crippen molar-refractivity contribution in [2.45, 2.75) is 18.9 Å². The zero-order valence-electron chi connectivity index (χ0n) is 11.9. The van der Waals surface area contributed by atoms with E-state index in [0.717, 1.165) is 19.4 Å². The summed E-state index contributed by atoms with van der Waals surface area (Å²) >= 11 is 11.9. The van der Waals surface area contributed by atoms with Gasteiger partial charge in [0.15, 0.2) is 0 Å². The maximum absolute atomic E-state index is 12.2. The molecule has 0 unspecified atom stereocenters. The first kappa shape index (κ1) is 16.4. The lowest BCUT2D eigenvalue weighted by atomic mass is 10.2. The van der Waals surface area contributed by atoms with E-state index in [-0.39, 0.29) is 5.91 Å². The van der Waals surface area contributed by atoms with Crippen molar-refractivity contribution in [1.29, 1.82) is 0 Å². The Morgan fingerprint density at radius 2 is 2.19 bits per heavy atom. The zero-order valence-corrected chi connectivity index (χ0v) is 13.4. The van der Waals surface area contributed by atoms with Crippen molar-refractivity contribution in [3.63, 3.8) is 0 Å². The quantitative estimate of drug-likeness (QED) is 0.753. The number of hydrogen-bond donors (Lipinski definition) is 2. The van der Waals surface area contributed by atoms with Crippen molar-refractivity contribution in [1.82, 2.24) is 4.90 Å². The van der Waals surface area contributed by atoms with Crippen LogP contribution in [0, 0.1) is 0 Å². The molecule has 0 bridgehead atoms. The Morgan fingerprint density at radius 3 is 2.76 bits per heavy atom. The molecule has 3 N–H and O–H groups in total. The van der Waals surface area contributed by atoms with Crippen LogP contribution in [0.25, 0.3) is 0 Å². The molecule has 0 radical (unpaired) electrons. The molecule has 0 atom stereocenters. The molecular formula is C14H19Cl2N3O2. The Hall–Kier alpha value is -1.01.